The molecular weight excluding hydrogens is 320 g/mol. The van der Waals surface area contributed by atoms with Crippen molar-refractivity contribution in [3.63, 3.8) is 0 Å². The van der Waals surface area contributed by atoms with Gasteiger partial charge in [-0.1, -0.05) is 28.6 Å². The van der Waals surface area contributed by atoms with Gasteiger partial charge in [0.15, 0.2) is 6.29 Å². The first kappa shape index (κ1) is 16.2. The van der Waals surface area contributed by atoms with Crippen molar-refractivity contribution in [1.29, 1.82) is 0 Å². The highest BCUT2D eigenvalue weighted by atomic mass is 79.9. The zero-order chi connectivity index (χ0) is 15.3. The minimum atomic E-state index is -0.340. The van der Waals surface area contributed by atoms with Crippen LogP contribution in [0.5, 0.6) is 0 Å². The highest BCUT2D eigenvalue weighted by Crippen LogP contribution is 2.23. The van der Waals surface area contributed by atoms with Crippen LogP contribution in [0.2, 0.25) is 0 Å². The maximum Gasteiger partial charge on any atom is 0.255 e. The fraction of sp³-hybridized carbons (Fsp3) is 0.200. The maximum absolute atomic E-state index is 12.0. The van der Waals surface area contributed by atoms with E-state index in [-0.39, 0.29) is 11.5 Å². The van der Waals surface area contributed by atoms with E-state index < -0.39 is 0 Å². The van der Waals surface area contributed by atoms with Gasteiger partial charge in [-0.25, -0.2) is 0 Å². The van der Waals surface area contributed by atoms with Crippen molar-refractivity contribution < 1.29 is 9.59 Å². The molecule has 0 bridgehead atoms. The molecule has 0 aliphatic heterocycles. The van der Waals surface area contributed by atoms with Crippen LogP contribution in [0.3, 0.4) is 0 Å². The van der Waals surface area contributed by atoms with E-state index in [2.05, 4.69) is 27.8 Å². The van der Waals surface area contributed by atoms with Crippen LogP contribution in [0.25, 0.3) is 0 Å². The molecule has 20 heavy (non-hydrogen) atoms. The molecule has 0 atom stereocenters. The molecule has 0 aromatic heterocycles. The number of halogens is 1. The molecule has 0 aliphatic carbocycles. The smallest absolute Gasteiger partial charge is 0.255 e. The van der Waals surface area contributed by atoms with Gasteiger partial charge in [0.2, 0.25) is 0 Å². The van der Waals surface area contributed by atoms with Gasteiger partial charge in [0.05, 0.1) is 5.70 Å². The summed E-state index contributed by atoms with van der Waals surface area (Å²) < 4.78 is 0.915. The number of amides is 1. The predicted molar refractivity (Wildman–Crippen MR) is 84.5 cm³/mol. The summed E-state index contributed by atoms with van der Waals surface area (Å²) in [4.78, 5) is 24.5. The number of aldehydes is 1. The fourth-order valence-corrected chi connectivity index (χ4v) is 1.82. The van der Waals surface area contributed by atoms with Crippen molar-refractivity contribution >= 4 is 33.8 Å². The van der Waals surface area contributed by atoms with E-state index in [0.717, 1.165) is 10.0 Å². The number of hydrogen-bond donors (Lipinski definition) is 1. The molecule has 0 heterocycles. The molecule has 0 spiro atoms. The van der Waals surface area contributed by atoms with E-state index in [1.165, 1.54) is 6.08 Å². The Bertz CT molecular complexity index is 577. The fourth-order valence-electron chi connectivity index (χ4n) is 1.46. The number of hydrogen-bond acceptors (Lipinski definition) is 3. The van der Waals surface area contributed by atoms with Gasteiger partial charge in [-0.2, -0.15) is 0 Å². The third-order valence-electron chi connectivity index (χ3n) is 2.77. The summed E-state index contributed by atoms with van der Waals surface area (Å²) >= 11 is 3.40. The molecular formula is C15H17BrN2O2. The molecule has 0 saturated heterocycles. The van der Waals surface area contributed by atoms with Crippen molar-refractivity contribution in [2.45, 2.75) is 6.92 Å². The minimum Gasteiger partial charge on any atom is -0.375 e. The van der Waals surface area contributed by atoms with Crippen LogP contribution >= 0.6 is 15.9 Å². The molecule has 106 valence electrons. The number of anilines is 1. The van der Waals surface area contributed by atoms with Crippen molar-refractivity contribution in [2.75, 3.05) is 19.4 Å². The lowest BCUT2D eigenvalue weighted by molar-refractivity contribution is -0.112. The van der Waals surface area contributed by atoms with Gasteiger partial charge in [-0.3, -0.25) is 9.59 Å². The van der Waals surface area contributed by atoms with Gasteiger partial charge >= 0.3 is 0 Å². The second kappa shape index (κ2) is 7.05. The number of allylic oxidation sites excluding steroid dienone is 1. The first-order valence-corrected chi connectivity index (χ1v) is 6.75. The predicted octanol–water partition coefficient (Wildman–Crippen LogP) is 2.90. The molecule has 0 saturated carbocycles. The molecule has 5 heteroatoms. The summed E-state index contributed by atoms with van der Waals surface area (Å²) in [6.07, 6.45) is 2.14. The third kappa shape index (κ3) is 4.06. The average Bonchev–Trinajstić information content (AvgIpc) is 2.40. The highest BCUT2D eigenvalue weighted by Gasteiger charge is 2.10. The number of benzene rings is 1. The summed E-state index contributed by atoms with van der Waals surface area (Å²) in [6, 6.07) is 5.54. The van der Waals surface area contributed by atoms with E-state index >= 15 is 0 Å². The van der Waals surface area contributed by atoms with E-state index in [4.69, 9.17) is 0 Å². The summed E-state index contributed by atoms with van der Waals surface area (Å²) in [6.45, 7) is 5.59. The largest absolute Gasteiger partial charge is 0.375 e. The summed E-state index contributed by atoms with van der Waals surface area (Å²) in [5.41, 5.74) is 2.24. The zero-order valence-corrected chi connectivity index (χ0v) is 13.3. The molecule has 0 aliphatic rings. The van der Waals surface area contributed by atoms with Crippen LogP contribution < -0.4 is 5.32 Å². The van der Waals surface area contributed by atoms with Crippen molar-refractivity contribution in [3.05, 3.63) is 52.2 Å². The van der Waals surface area contributed by atoms with Gasteiger partial charge in [0, 0.05) is 29.8 Å². The van der Waals surface area contributed by atoms with Crippen LogP contribution in [-0.4, -0.2) is 31.2 Å². The Morgan fingerprint density at radius 1 is 1.40 bits per heavy atom. The Morgan fingerprint density at radius 2 is 2.05 bits per heavy atom. The number of nitrogens with zero attached hydrogens (tertiary/aromatic N) is 1. The molecule has 1 amide bonds. The summed E-state index contributed by atoms with van der Waals surface area (Å²) in [5, 5.41) is 2.77. The van der Waals surface area contributed by atoms with Crippen molar-refractivity contribution in [1.82, 2.24) is 4.90 Å². The zero-order valence-electron chi connectivity index (χ0n) is 11.7. The number of carbonyl (C=O) groups excluding carboxylic acids is 2. The SMILES string of the molecule is C=C(/C=C(/C=O)N(C)C)C(=O)Nc1cccc(Br)c1C. The molecule has 1 aromatic rings. The summed E-state index contributed by atoms with van der Waals surface area (Å²) in [7, 11) is 3.45. The molecule has 1 aromatic carbocycles. The first-order valence-electron chi connectivity index (χ1n) is 5.96. The Morgan fingerprint density at radius 3 is 2.60 bits per heavy atom. The van der Waals surface area contributed by atoms with Gasteiger partial charge in [0.25, 0.3) is 5.91 Å². The van der Waals surface area contributed by atoms with E-state index in [9.17, 15) is 9.59 Å². The Labute approximate surface area is 127 Å². The molecule has 0 fully saturated rings. The standard InChI is InChI=1S/C15H17BrN2O2/c1-10(8-12(9-19)18(3)4)15(20)17-14-7-5-6-13(16)11(14)2/h5-9H,1H2,2-4H3,(H,17,20)/b12-8-. The lowest BCUT2D eigenvalue weighted by atomic mass is 10.1. The second-order valence-corrected chi connectivity index (χ2v) is 5.33. The number of carbonyl (C=O) groups is 2. The lowest BCUT2D eigenvalue weighted by Crippen LogP contribution is -2.17. The number of nitrogens with one attached hydrogen (secondary N) is 1. The van der Waals surface area contributed by atoms with Crippen molar-refractivity contribution in [3.8, 4) is 0 Å². The van der Waals surface area contributed by atoms with Crippen LogP contribution in [-0.2, 0) is 9.59 Å². The Balaban J connectivity index is 2.89. The highest BCUT2D eigenvalue weighted by molar-refractivity contribution is 9.10. The first-order chi connectivity index (χ1) is 9.36. The Kier molecular flexibility index (Phi) is 5.70. The van der Waals surface area contributed by atoms with Gasteiger partial charge < -0.3 is 10.2 Å². The molecule has 0 radical (unpaired) electrons. The molecule has 0 unspecified atom stereocenters. The topological polar surface area (TPSA) is 49.4 Å². The second-order valence-electron chi connectivity index (χ2n) is 4.47. The van der Waals surface area contributed by atoms with Crippen LogP contribution in [0.1, 0.15) is 5.56 Å². The molecule has 4 nitrogen and oxygen atoms in total. The van der Waals surface area contributed by atoms with Crippen LogP contribution in [0, 0.1) is 6.92 Å². The number of likely N-dealkylation sites (N-methyl/N-ethyl adjacent to an activating group) is 1. The number of rotatable bonds is 5. The minimum absolute atomic E-state index is 0.222. The van der Waals surface area contributed by atoms with Crippen LogP contribution in [0.15, 0.2) is 46.6 Å². The normalized spacial score (nSPS) is 10.9. The average molecular weight is 337 g/mol. The van der Waals surface area contributed by atoms with E-state index in [0.29, 0.717) is 17.7 Å². The van der Waals surface area contributed by atoms with Gasteiger partial charge in [0.1, 0.15) is 0 Å². The van der Waals surface area contributed by atoms with Gasteiger partial charge in [-0.15, -0.1) is 0 Å². The Hall–Kier alpha value is -1.88. The summed E-state index contributed by atoms with van der Waals surface area (Å²) in [5.74, 6) is -0.340. The maximum atomic E-state index is 12.0. The lowest BCUT2D eigenvalue weighted by Gasteiger charge is -2.13. The van der Waals surface area contributed by atoms with E-state index in [1.807, 2.05) is 25.1 Å². The van der Waals surface area contributed by atoms with Gasteiger partial charge in [-0.05, 0) is 30.7 Å². The third-order valence-corrected chi connectivity index (χ3v) is 3.63. The quantitative estimate of drug-likeness (QED) is 0.511. The van der Waals surface area contributed by atoms with Crippen molar-refractivity contribution in [2.24, 2.45) is 0 Å². The monoisotopic (exact) mass is 336 g/mol. The van der Waals surface area contributed by atoms with E-state index in [1.54, 1.807) is 19.0 Å². The van der Waals surface area contributed by atoms with Crippen LogP contribution in [0.4, 0.5) is 5.69 Å². The molecule has 1 rings (SSSR count). The molecule has 1 N–H and O–H groups in total.